The Kier molecular flexibility index (Phi) is 4.62. The lowest BCUT2D eigenvalue weighted by Crippen LogP contribution is -2.46. The van der Waals surface area contributed by atoms with Crippen LogP contribution in [-0.2, 0) is 4.74 Å². The van der Waals surface area contributed by atoms with Crippen LogP contribution in [-0.4, -0.2) is 43.3 Å². The van der Waals surface area contributed by atoms with Gasteiger partial charge in [0, 0.05) is 12.1 Å². The van der Waals surface area contributed by atoms with Gasteiger partial charge in [0.1, 0.15) is 0 Å². The molecule has 2 rings (SSSR count). The number of likely N-dealkylation sites (tertiary alicyclic amines) is 1. The van der Waals surface area contributed by atoms with Gasteiger partial charge in [0.15, 0.2) is 0 Å². The van der Waals surface area contributed by atoms with Gasteiger partial charge in [-0.25, -0.2) is 0 Å². The van der Waals surface area contributed by atoms with Gasteiger partial charge in [0.05, 0.1) is 13.2 Å². The quantitative estimate of drug-likeness (QED) is 0.726. The molecule has 0 bridgehead atoms. The van der Waals surface area contributed by atoms with Crippen LogP contribution in [0.5, 0.6) is 0 Å². The molecule has 0 aromatic heterocycles. The molecule has 2 aliphatic rings. The van der Waals surface area contributed by atoms with Gasteiger partial charge in [-0.1, -0.05) is 19.3 Å². The molecule has 0 unspecified atom stereocenters. The van der Waals surface area contributed by atoms with E-state index in [1.165, 1.54) is 45.2 Å². The Morgan fingerprint density at radius 3 is 2.38 bits per heavy atom. The van der Waals surface area contributed by atoms with Crippen LogP contribution < -0.4 is 5.73 Å². The maximum Gasteiger partial charge on any atom is 0.0646 e. The van der Waals surface area contributed by atoms with Gasteiger partial charge in [-0.3, -0.25) is 0 Å². The lowest BCUT2D eigenvalue weighted by Gasteiger charge is -2.33. The Hall–Kier alpha value is -0.120. The second kappa shape index (κ2) is 5.99. The molecule has 0 amide bonds. The molecule has 2 N–H and O–H groups in total. The van der Waals surface area contributed by atoms with E-state index in [4.69, 9.17) is 10.5 Å². The van der Waals surface area contributed by atoms with Crippen molar-refractivity contribution in [3.05, 3.63) is 0 Å². The normalized spacial score (nSPS) is 26.1. The minimum absolute atomic E-state index is 0.0107. The first kappa shape index (κ1) is 12.3. The molecule has 1 heterocycles. The number of ether oxygens (including phenoxy) is 1. The fourth-order valence-corrected chi connectivity index (χ4v) is 2.88. The maximum atomic E-state index is 6.31. The molecule has 1 aliphatic carbocycles. The zero-order valence-corrected chi connectivity index (χ0v) is 10.4. The van der Waals surface area contributed by atoms with Crippen LogP contribution in [0.1, 0.15) is 44.9 Å². The lowest BCUT2D eigenvalue weighted by molar-refractivity contribution is 0.0563. The number of hydrogen-bond donors (Lipinski definition) is 1. The Balaban J connectivity index is 1.56. The summed E-state index contributed by atoms with van der Waals surface area (Å²) in [5.74, 6) is 0. The molecule has 0 radical (unpaired) electrons. The van der Waals surface area contributed by atoms with Gasteiger partial charge < -0.3 is 15.4 Å². The lowest BCUT2D eigenvalue weighted by atomic mass is 9.83. The minimum atomic E-state index is -0.0107. The van der Waals surface area contributed by atoms with Gasteiger partial charge >= 0.3 is 0 Å². The van der Waals surface area contributed by atoms with Crippen LogP contribution in [0.4, 0.5) is 0 Å². The molecule has 3 nitrogen and oxygen atoms in total. The molecule has 16 heavy (non-hydrogen) atoms. The summed E-state index contributed by atoms with van der Waals surface area (Å²) >= 11 is 0. The van der Waals surface area contributed by atoms with Gasteiger partial charge in [-0.15, -0.1) is 0 Å². The van der Waals surface area contributed by atoms with E-state index in [1.807, 2.05) is 0 Å². The summed E-state index contributed by atoms with van der Waals surface area (Å²) in [6.45, 7) is 5.24. The monoisotopic (exact) mass is 226 g/mol. The smallest absolute Gasteiger partial charge is 0.0646 e. The molecular weight excluding hydrogens is 200 g/mol. The molecule has 1 saturated carbocycles. The zero-order chi connectivity index (χ0) is 11.3. The van der Waals surface area contributed by atoms with Crippen molar-refractivity contribution in [2.75, 3.05) is 32.8 Å². The molecule has 1 saturated heterocycles. The summed E-state index contributed by atoms with van der Waals surface area (Å²) in [5, 5.41) is 0. The SMILES string of the molecule is NC1(COCCN2CCCC2)CCCCC1. The van der Waals surface area contributed by atoms with E-state index in [0.717, 1.165) is 32.6 Å². The first-order chi connectivity index (χ1) is 7.79. The maximum absolute atomic E-state index is 6.31. The fourth-order valence-electron chi connectivity index (χ4n) is 2.88. The molecule has 94 valence electrons. The third-order valence-electron chi connectivity index (χ3n) is 3.99. The van der Waals surface area contributed by atoms with Crippen LogP contribution >= 0.6 is 0 Å². The van der Waals surface area contributed by atoms with E-state index in [9.17, 15) is 0 Å². The van der Waals surface area contributed by atoms with Gasteiger partial charge in [-0.05, 0) is 38.8 Å². The molecule has 0 spiro atoms. The van der Waals surface area contributed by atoms with E-state index in [0.29, 0.717) is 0 Å². The standard InChI is InChI=1S/C13H26N2O/c14-13(6-2-1-3-7-13)12-16-11-10-15-8-4-5-9-15/h1-12,14H2. The third-order valence-corrected chi connectivity index (χ3v) is 3.99. The van der Waals surface area contributed by atoms with Crippen molar-refractivity contribution in [1.82, 2.24) is 4.90 Å². The van der Waals surface area contributed by atoms with Gasteiger partial charge in [-0.2, -0.15) is 0 Å². The van der Waals surface area contributed by atoms with E-state index < -0.39 is 0 Å². The zero-order valence-electron chi connectivity index (χ0n) is 10.4. The second-order valence-electron chi connectivity index (χ2n) is 5.52. The second-order valence-corrected chi connectivity index (χ2v) is 5.52. The van der Waals surface area contributed by atoms with Crippen LogP contribution in [0, 0.1) is 0 Å². The minimum Gasteiger partial charge on any atom is -0.378 e. The molecule has 3 heteroatoms. The predicted molar refractivity (Wildman–Crippen MR) is 66.5 cm³/mol. The van der Waals surface area contributed by atoms with E-state index in [2.05, 4.69) is 4.90 Å². The predicted octanol–water partition coefficient (Wildman–Crippen LogP) is 1.76. The summed E-state index contributed by atoms with van der Waals surface area (Å²) in [7, 11) is 0. The molecular formula is C13H26N2O. The summed E-state index contributed by atoms with van der Waals surface area (Å²) in [6, 6.07) is 0. The van der Waals surface area contributed by atoms with E-state index >= 15 is 0 Å². The Morgan fingerprint density at radius 2 is 1.69 bits per heavy atom. The Morgan fingerprint density at radius 1 is 1.00 bits per heavy atom. The van der Waals surface area contributed by atoms with Crippen molar-refractivity contribution in [3.8, 4) is 0 Å². The highest BCUT2D eigenvalue weighted by Gasteiger charge is 2.27. The fraction of sp³-hybridized carbons (Fsp3) is 1.00. The van der Waals surface area contributed by atoms with E-state index in [-0.39, 0.29) is 5.54 Å². The average Bonchev–Trinajstić information content (AvgIpc) is 2.78. The van der Waals surface area contributed by atoms with Crippen LogP contribution in [0.2, 0.25) is 0 Å². The number of hydrogen-bond acceptors (Lipinski definition) is 3. The van der Waals surface area contributed by atoms with Crippen LogP contribution in [0.15, 0.2) is 0 Å². The van der Waals surface area contributed by atoms with Crippen LogP contribution in [0.3, 0.4) is 0 Å². The topological polar surface area (TPSA) is 38.5 Å². The van der Waals surface area contributed by atoms with Crippen molar-refractivity contribution >= 4 is 0 Å². The van der Waals surface area contributed by atoms with Crippen LogP contribution in [0.25, 0.3) is 0 Å². The largest absolute Gasteiger partial charge is 0.378 e. The molecule has 0 atom stereocenters. The number of nitrogens with zero attached hydrogens (tertiary/aromatic N) is 1. The van der Waals surface area contributed by atoms with Crippen molar-refractivity contribution in [1.29, 1.82) is 0 Å². The summed E-state index contributed by atoms with van der Waals surface area (Å²) < 4.78 is 5.77. The Bertz CT molecular complexity index is 196. The molecule has 1 aliphatic heterocycles. The van der Waals surface area contributed by atoms with Crippen molar-refractivity contribution < 1.29 is 4.74 Å². The number of rotatable bonds is 5. The Labute approximate surface area is 99.3 Å². The third kappa shape index (κ3) is 3.72. The average molecular weight is 226 g/mol. The molecule has 0 aromatic rings. The number of nitrogens with two attached hydrogens (primary N) is 1. The van der Waals surface area contributed by atoms with Crippen molar-refractivity contribution in [2.24, 2.45) is 5.73 Å². The van der Waals surface area contributed by atoms with Gasteiger partial charge in [0.2, 0.25) is 0 Å². The van der Waals surface area contributed by atoms with Crippen molar-refractivity contribution in [3.63, 3.8) is 0 Å². The van der Waals surface area contributed by atoms with Gasteiger partial charge in [0.25, 0.3) is 0 Å². The highest BCUT2D eigenvalue weighted by molar-refractivity contribution is 4.86. The molecule has 2 fully saturated rings. The van der Waals surface area contributed by atoms with Crippen molar-refractivity contribution in [2.45, 2.75) is 50.5 Å². The molecule has 0 aromatic carbocycles. The summed E-state index contributed by atoms with van der Waals surface area (Å²) in [5.41, 5.74) is 6.30. The summed E-state index contributed by atoms with van der Waals surface area (Å²) in [6.07, 6.45) is 8.94. The summed E-state index contributed by atoms with van der Waals surface area (Å²) in [4.78, 5) is 2.49. The first-order valence-corrected chi connectivity index (χ1v) is 6.88. The van der Waals surface area contributed by atoms with E-state index in [1.54, 1.807) is 0 Å². The highest BCUT2D eigenvalue weighted by atomic mass is 16.5. The first-order valence-electron chi connectivity index (χ1n) is 6.88. The highest BCUT2D eigenvalue weighted by Crippen LogP contribution is 2.25.